The molecule has 0 aliphatic carbocycles. The first kappa shape index (κ1) is 19.7. The highest BCUT2D eigenvalue weighted by Gasteiger charge is 2.48. The molecule has 2 aliphatic rings. The van der Waals surface area contributed by atoms with E-state index in [1.165, 1.54) is 4.90 Å². The maximum absolute atomic E-state index is 15.7. The summed E-state index contributed by atoms with van der Waals surface area (Å²) in [5, 5.41) is 17.2. The van der Waals surface area contributed by atoms with Crippen LogP contribution < -0.4 is 15.5 Å². The number of nitrogens with one attached hydrogen (secondary N) is 2. The summed E-state index contributed by atoms with van der Waals surface area (Å²) in [6.07, 6.45) is 0.567. The summed E-state index contributed by atoms with van der Waals surface area (Å²) in [5.41, 5.74) is -0.169. The van der Waals surface area contributed by atoms with Crippen LogP contribution in [0.1, 0.15) is 37.9 Å². The minimum Gasteiger partial charge on any atom is -0.384 e. The lowest BCUT2D eigenvalue weighted by Gasteiger charge is -2.47. The summed E-state index contributed by atoms with van der Waals surface area (Å²) in [5.74, 6) is -0.858. The van der Waals surface area contributed by atoms with Crippen LogP contribution in [0.3, 0.4) is 0 Å². The van der Waals surface area contributed by atoms with Gasteiger partial charge in [-0.15, -0.1) is 0 Å². The fourth-order valence-electron chi connectivity index (χ4n) is 4.34. The van der Waals surface area contributed by atoms with E-state index in [2.05, 4.69) is 15.6 Å². The molecule has 4 rings (SSSR count). The predicted molar refractivity (Wildman–Crippen MR) is 107 cm³/mol. The Morgan fingerprint density at radius 1 is 1.28 bits per heavy atom. The third kappa shape index (κ3) is 3.07. The number of carbonyl (C=O) groups is 2. The first-order chi connectivity index (χ1) is 13.6. The van der Waals surface area contributed by atoms with Gasteiger partial charge in [0.25, 0.3) is 0 Å². The van der Waals surface area contributed by atoms with E-state index < -0.39 is 22.9 Å². The van der Waals surface area contributed by atoms with Gasteiger partial charge in [-0.1, -0.05) is 19.9 Å². The van der Waals surface area contributed by atoms with Crippen LogP contribution in [0.15, 0.2) is 18.2 Å². The summed E-state index contributed by atoms with van der Waals surface area (Å²) in [7, 11) is 0. The van der Waals surface area contributed by atoms with Crippen molar-refractivity contribution in [3.8, 4) is 0 Å². The smallest absolute Gasteiger partial charge is 0.328 e. The Morgan fingerprint density at radius 3 is 2.72 bits per heavy atom. The monoisotopic (exact) mass is 400 g/mol. The van der Waals surface area contributed by atoms with Crippen molar-refractivity contribution < 1.29 is 19.1 Å². The lowest BCUT2D eigenvalue weighted by atomic mass is 9.67. The third-order valence-corrected chi connectivity index (χ3v) is 6.24. The van der Waals surface area contributed by atoms with E-state index in [-0.39, 0.29) is 29.8 Å². The highest BCUT2D eigenvalue weighted by Crippen LogP contribution is 2.46. The van der Waals surface area contributed by atoms with Crippen molar-refractivity contribution in [2.24, 2.45) is 5.41 Å². The number of aromatic nitrogens is 1. The van der Waals surface area contributed by atoms with Gasteiger partial charge in [-0.25, -0.2) is 9.18 Å². The zero-order valence-electron chi connectivity index (χ0n) is 16.8. The molecule has 2 fully saturated rings. The second-order valence-electron chi connectivity index (χ2n) is 8.51. The Hall–Kier alpha value is -2.58. The van der Waals surface area contributed by atoms with E-state index in [1.54, 1.807) is 25.1 Å². The fraction of sp³-hybridized carbons (Fsp3) is 0.476. The van der Waals surface area contributed by atoms with E-state index in [9.17, 15) is 14.7 Å². The van der Waals surface area contributed by atoms with Crippen LogP contribution in [0, 0.1) is 18.2 Å². The number of aliphatic hydroxyl groups is 1. The van der Waals surface area contributed by atoms with E-state index in [0.717, 1.165) is 0 Å². The number of imide groups is 1. The molecule has 3 amide bonds. The molecule has 1 aromatic heterocycles. The number of hydrogen-bond donors (Lipinski definition) is 3. The molecule has 154 valence electrons. The van der Waals surface area contributed by atoms with Crippen molar-refractivity contribution >= 4 is 28.5 Å². The van der Waals surface area contributed by atoms with Gasteiger partial charge < -0.3 is 10.4 Å². The van der Waals surface area contributed by atoms with Gasteiger partial charge in [-0.3, -0.25) is 20.0 Å². The summed E-state index contributed by atoms with van der Waals surface area (Å²) in [4.78, 5) is 29.6. The van der Waals surface area contributed by atoms with Gasteiger partial charge in [-0.2, -0.15) is 0 Å². The minimum absolute atomic E-state index is 0.173. The van der Waals surface area contributed by atoms with Crippen molar-refractivity contribution in [2.75, 3.05) is 24.5 Å². The number of anilines is 1. The first-order valence-corrected chi connectivity index (χ1v) is 9.79. The van der Waals surface area contributed by atoms with Crippen LogP contribution in [-0.2, 0) is 10.4 Å². The van der Waals surface area contributed by atoms with Crippen LogP contribution >= 0.6 is 0 Å². The highest BCUT2D eigenvalue weighted by atomic mass is 19.1. The standard InChI is InChI=1S/C21H25FN4O3/c1-12-16(26-9-6-17(27)25-19(26)28)10-13-15(24-12)5-4-14(18(13)22)21(29)7-8-23-11-20(21,2)3/h4-5,10,23,29H,6-9,11H2,1-3H3,(H,25,27,28). The molecule has 8 heteroatoms. The lowest BCUT2D eigenvalue weighted by Crippen LogP contribution is -2.54. The zero-order valence-corrected chi connectivity index (χ0v) is 16.8. The molecule has 2 saturated heterocycles. The second kappa shape index (κ2) is 6.74. The number of piperidine rings is 1. The summed E-state index contributed by atoms with van der Waals surface area (Å²) in [6, 6.07) is 4.37. The minimum atomic E-state index is -1.32. The third-order valence-electron chi connectivity index (χ3n) is 6.24. The van der Waals surface area contributed by atoms with Gasteiger partial charge in [0.05, 0.1) is 22.5 Å². The quantitative estimate of drug-likeness (QED) is 0.719. The number of hydrogen-bond acceptors (Lipinski definition) is 5. The Kier molecular flexibility index (Phi) is 4.59. The number of pyridine rings is 1. The van der Waals surface area contributed by atoms with E-state index in [0.29, 0.717) is 36.4 Å². The van der Waals surface area contributed by atoms with Crippen molar-refractivity contribution in [2.45, 2.75) is 39.2 Å². The molecule has 1 atom stereocenters. The predicted octanol–water partition coefficient (Wildman–Crippen LogP) is 2.34. The van der Waals surface area contributed by atoms with Gasteiger partial charge in [0.15, 0.2) is 0 Å². The molecule has 7 nitrogen and oxygen atoms in total. The van der Waals surface area contributed by atoms with Crippen molar-refractivity contribution in [1.82, 2.24) is 15.6 Å². The van der Waals surface area contributed by atoms with E-state index in [4.69, 9.17) is 0 Å². The van der Waals surface area contributed by atoms with Gasteiger partial charge >= 0.3 is 6.03 Å². The molecule has 2 aromatic rings. The van der Waals surface area contributed by atoms with Gasteiger partial charge in [0.1, 0.15) is 5.82 Å². The van der Waals surface area contributed by atoms with Crippen LogP contribution in [0.25, 0.3) is 10.9 Å². The topological polar surface area (TPSA) is 94.6 Å². The van der Waals surface area contributed by atoms with Crippen LogP contribution in [-0.4, -0.2) is 41.7 Å². The number of rotatable bonds is 2. The maximum atomic E-state index is 15.7. The largest absolute Gasteiger partial charge is 0.384 e. The molecule has 2 aliphatic heterocycles. The van der Waals surface area contributed by atoms with Crippen molar-refractivity contribution in [3.05, 3.63) is 35.3 Å². The van der Waals surface area contributed by atoms with Gasteiger partial charge in [0.2, 0.25) is 5.91 Å². The molecule has 0 spiro atoms. The Labute approximate surface area is 168 Å². The second-order valence-corrected chi connectivity index (χ2v) is 8.51. The van der Waals surface area contributed by atoms with Gasteiger partial charge in [0, 0.05) is 35.9 Å². The summed E-state index contributed by atoms with van der Waals surface area (Å²) in [6.45, 7) is 6.95. The van der Waals surface area contributed by atoms with Crippen LogP contribution in [0.4, 0.5) is 14.9 Å². The van der Waals surface area contributed by atoms with Crippen molar-refractivity contribution in [1.29, 1.82) is 0 Å². The zero-order chi connectivity index (χ0) is 21.0. The number of urea groups is 1. The molecule has 0 bridgehead atoms. The number of fused-ring (bicyclic) bond motifs is 1. The molecule has 3 heterocycles. The molecule has 29 heavy (non-hydrogen) atoms. The summed E-state index contributed by atoms with van der Waals surface area (Å²) < 4.78 is 15.7. The number of benzene rings is 1. The molecule has 0 saturated carbocycles. The first-order valence-electron chi connectivity index (χ1n) is 9.79. The van der Waals surface area contributed by atoms with Crippen LogP contribution in [0.2, 0.25) is 0 Å². The average Bonchev–Trinajstić information content (AvgIpc) is 2.64. The number of aryl methyl sites for hydroxylation is 1. The Morgan fingerprint density at radius 2 is 2.03 bits per heavy atom. The maximum Gasteiger partial charge on any atom is 0.328 e. The number of halogens is 1. The molecular weight excluding hydrogens is 375 g/mol. The van der Waals surface area contributed by atoms with Crippen molar-refractivity contribution in [3.63, 3.8) is 0 Å². The molecule has 1 aromatic carbocycles. The Balaban J connectivity index is 1.85. The van der Waals surface area contributed by atoms with E-state index >= 15 is 4.39 Å². The Bertz CT molecular complexity index is 1020. The number of carbonyl (C=O) groups excluding carboxylic acids is 2. The fourth-order valence-corrected chi connectivity index (χ4v) is 4.34. The average molecular weight is 400 g/mol. The highest BCUT2D eigenvalue weighted by molar-refractivity contribution is 6.06. The van der Waals surface area contributed by atoms with Gasteiger partial charge in [-0.05, 0) is 32.0 Å². The SMILES string of the molecule is Cc1nc2ccc(C3(O)CCNCC3(C)C)c(F)c2cc1N1CCC(=O)NC1=O. The molecule has 0 radical (unpaired) electrons. The lowest BCUT2D eigenvalue weighted by molar-refractivity contribution is -0.120. The number of amides is 3. The number of nitrogens with zero attached hydrogens (tertiary/aromatic N) is 2. The van der Waals surface area contributed by atoms with E-state index in [1.807, 2.05) is 13.8 Å². The normalized spacial score (nSPS) is 24.7. The molecular formula is C21H25FN4O3. The van der Waals surface area contributed by atoms with Crippen LogP contribution in [0.5, 0.6) is 0 Å². The molecule has 3 N–H and O–H groups in total. The molecule has 1 unspecified atom stereocenters. The summed E-state index contributed by atoms with van der Waals surface area (Å²) >= 11 is 0.